The molecule has 1 saturated heterocycles. The molecule has 1 aromatic carbocycles. The monoisotopic (exact) mass is 302 g/mol. The highest BCUT2D eigenvalue weighted by atomic mass is 16.5. The van der Waals surface area contributed by atoms with Crippen LogP contribution in [-0.4, -0.2) is 35.0 Å². The summed E-state index contributed by atoms with van der Waals surface area (Å²) < 4.78 is 6.01. The van der Waals surface area contributed by atoms with E-state index in [1.54, 1.807) is 0 Å². The predicted octanol–water partition coefficient (Wildman–Crippen LogP) is 2.64. The summed E-state index contributed by atoms with van der Waals surface area (Å²) in [6.07, 6.45) is 3.48. The van der Waals surface area contributed by atoms with Gasteiger partial charge in [0.15, 0.2) is 0 Å². The maximum Gasteiger partial charge on any atom is 0.225 e. The highest BCUT2D eigenvalue weighted by molar-refractivity contribution is 5.78. The SMILES string of the molecule is CC1COC(c2ccccc2)C(C)N1C(=O)CC1(N)CCC1. The quantitative estimate of drug-likeness (QED) is 0.934. The Hall–Kier alpha value is -1.39. The first-order valence-electron chi connectivity index (χ1n) is 8.27. The molecule has 1 saturated carbocycles. The van der Waals surface area contributed by atoms with E-state index in [0.717, 1.165) is 24.8 Å². The molecular weight excluding hydrogens is 276 g/mol. The lowest BCUT2D eigenvalue weighted by Crippen LogP contribution is -2.57. The first-order valence-corrected chi connectivity index (χ1v) is 8.27. The predicted molar refractivity (Wildman–Crippen MR) is 86.3 cm³/mol. The van der Waals surface area contributed by atoms with E-state index in [1.165, 1.54) is 0 Å². The molecule has 3 unspecified atom stereocenters. The van der Waals surface area contributed by atoms with Crippen molar-refractivity contribution in [1.82, 2.24) is 4.90 Å². The Labute approximate surface area is 132 Å². The molecule has 3 rings (SSSR count). The summed E-state index contributed by atoms with van der Waals surface area (Å²) in [4.78, 5) is 14.8. The molecule has 0 spiro atoms. The average Bonchev–Trinajstić information content (AvgIpc) is 2.46. The number of ether oxygens (including phenoxy) is 1. The average molecular weight is 302 g/mol. The molecule has 4 nitrogen and oxygen atoms in total. The summed E-state index contributed by atoms with van der Waals surface area (Å²) in [5, 5.41) is 0. The van der Waals surface area contributed by atoms with Crippen molar-refractivity contribution in [3.05, 3.63) is 35.9 Å². The van der Waals surface area contributed by atoms with Gasteiger partial charge in [-0.1, -0.05) is 30.3 Å². The first-order chi connectivity index (χ1) is 10.5. The van der Waals surface area contributed by atoms with Gasteiger partial charge in [0.1, 0.15) is 6.10 Å². The number of carbonyl (C=O) groups excluding carboxylic acids is 1. The topological polar surface area (TPSA) is 55.6 Å². The molecule has 22 heavy (non-hydrogen) atoms. The van der Waals surface area contributed by atoms with Gasteiger partial charge < -0.3 is 15.4 Å². The molecule has 1 aliphatic carbocycles. The van der Waals surface area contributed by atoms with Gasteiger partial charge in [0, 0.05) is 12.0 Å². The van der Waals surface area contributed by atoms with Crippen LogP contribution in [0.1, 0.15) is 51.2 Å². The number of nitrogens with two attached hydrogens (primary N) is 1. The van der Waals surface area contributed by atoms with Gasteiger partial charge in [-0.05, 0) is 38.7 Å². The number of rotatable bonds is 3. The fraction of sp³-hybridized carbons (Fsp3) is 0.611. The van der Waals surface area contributed by atoms with Gasteiger partial charge in [-0.2, -0.15) is 0 Å². The molecule has 0 radical (unpaired) electrons. The van der Waals surface area contributed by atoms with E-state index in [4.69, 9.17) is 10.5 Å². The minimum absolute atomic E-state index is 0.0299. The van der Waals surface area contributed by atoms with Crippen LogP contribution in [0.3, 0.4) is 0 Å². The molecule has 1 aromatic rings. The fourth-order valence-electron chi connectivity index (χ4n) is 3.70. The van der Waals surface area contributed by atoms with Crippen LogP contribution in [-0.2, 0) is 9.53 Å². The molecule has 1 amide bonds. The molecule has 1 aliphatic heterocycles. The van der Waals surface area contributed by atoms with Gasteiger partial charge in [0.2, 0.25) is 5.91 Å². The normalized spacial score (nSPS) is 30.7. The van der Waals surface area contributed by atoms with E-state index < -0.39 is 0 Å². The second-order valence-electron chi connectivity index (χ2n) is 6.95. The molecule has 0 aromatic heterocycles. The Balaban J connectivity index is 1.75. The van der Waals surface area contributed by atoms with E-state index in [9.17, 15) is 4.79 Å². The number of morpholine rings is 1. The Bertz CT molecular complexity index is 527. The summed E-state index contributed by atoms with van der Waals surface area (Å²) in [5.74, 6) is 0.173. The highest BCUT2D eigenvalue weighted by Crippen LogP contribution is 2.36. The second-order valence-corrected chi connectivity index (χ2v) is 6.95. The third-order valence-electron chi connectivity index (χ3n) is 5.14. The largest absolute Gasteiger partial charge is 0.369 e. The molecule has 2 aliphatic rings. The zero-order chi connectivity index (χ0) is 15.7. The van der Waals surface area contributed by atoms with Crippen molar-refractivity contribution in [3.63, 3.8) is 0 Å². The van der Waals surface area contributed by atoms with Crippen molar-refractivity contribution in [3.8, 4) is 0 Å². The van der Waals surface area contributed by atoms with Gasteiger partial charge in [-0.25, -0.2) is 0 Å². The van der Waals surface area contributed by atoms with Crippen LogP contribution in [0.25, 0.3) is 0 Å². The van der Waals surface area contributed by atoms with Crippen molar-refractivity contribution in [2.24, 2.45) is 5.73 Å². The number of nitrogens with zero attached hydrogens (tertiary/aromatic N) is 1. The summed E-state index contributed by atoms with van der Waals surface area (Å²) >= 11 is 0. The molecular formula is C18H26N2O2. The maximum atomic E-state index is 12.8. The number of amides is 1. The van der Waals surface area contributed by atoms with Gasteiger partial charge in [-0.15, -0.1) is 0 Å². The summed E-state index contributed by atoms with van der Waals surface area (Å²) in [6.45, 7) is 4.71. The van der Waals surface area contributed by atoms with Crippen molar-refractivity contribution in [2.75, 3.05) is 6.61 Å². The third-order valence-corrected chi connectivity index (χ3v) is 5.14. The molecule has 1 heterocycles. The lowest BCUT2D eigenvalue weighted by atomic mass is 9.75. The van der Waals surface area contributed by atoms with E-state index in [1.807, 2.05) is 23.1 Å². The highest BCUT2D eigenvalue weighted by Gasteiger charge is 2.41. The van der Waals surface area contributed by atoms with Gasteiger partial charge in [-0.3, -0.25) is 4.79 Å². The van der Waals surface area contributed by atoms with E-state index >= 15 is 0 Å². The zero-order valence-electron chi connectivity index (χ0n) is 13.5. The number of hydrogen-bond acceptors (Lipinski definition) is 3. The number of benzene rings is 1. The van der Waals surface area contributed by atoms with E-state index in [0.29, 0.717) is 13.0 Å². The van der Waals surface area contributed by atoms with Crippen LogP contribution < -0.4 is 5.73 Å². The molecule has 4 heteroatoms. The van der Waals surface area contributed by atoms with Crippen molar-refractivity contribution < 1.29 is 9.53 Å². The molecule has 120 valence electrons. The van der Waals surface area contributed by atoms with E-state index in [2.05, 4.69) is 26.0 Å². The van der Waals surface area contributed by atoms with Crippen LogP contribution in [0.5, 0.6) is 0 Å². The first kappa shape index (κ1) is 15.5. The third kappa shape index (κ3) is 2.90. The van der Waals surface area contributed by atoms with Gasteiger partial charge in [0.25, 0.3) is 0 Å². The minimum Gasteiger partial charge on any atom is -0.369 e. The van der Waals surface area contributed by atoms with Crippen LogP contribution in [0.4, 0.5) is 0 Å². The Kier molecular flexibility index (Phi) is 4.24. The van der Waals surface area contributed by atoms with Crippen LogP contribution >= 0.6 is 0 Å². The number of hydrogen-bond donors (Lipinski definition) is 1. The molecule has 0 bridgehead atoms. The molecule has 2 N–H and O–H groups in total. The van der Waals surface area contributed by atoms with Crippen LogP contribution in [0, 0.1) is 0 Å². The summed E-state index contributed by atoms with van der Waals surface area (Å²) in [7, 11) is 0. The van der Waals surface area contributed by atoms with Crippen LogP contribution in [0.2, 0.25) is 0 Å². The summed E-state index contributed by atoms with van der Waals surface area (Å²) in [6, 6.07) is 10.3. The van der Waals surface area contributed by atoms with Crippen molar-refractivity contribution in [1.29, 1.82) is 0 Å². The molecule has 2 fully saturated rings. The Morgan fingerprint density at radius 1 is 1.32 bits per heavy atom. The smallest absolute Gasteiger partial charge is 0.225 e. The van der Waals surface area contributed by atoms with Crippen molar-refractivity contribution in [2.45, 2.75) is 63.3 Å². The maximum absolute atomic E-state index is 12.8. The van der Waals surface area contributed by atoms with Gasteiger partial charge in [0.05, 0.1) is 18.7 Å². The van der Waals surface area contributed by atoms with Crippen LogP contribution in [0.15, 0.2) is 30.3 Å². The molecule has 3 atom stereocenters. The summed E-state index contributed by atoms with van der Waals surface area (Å²) in [5.41, 5.74) is 7.13. The Morgan fingerprint density at radius 3 is 2.59 bits per heavy atom. The lowest BCUT2D eigenvalue weighted by molar-refractivity contribution is -0.155. The zero-order valence-corrected chi connectivity index (χ0v) is 13.5. The Morgan fingerprint density at radius 2 is 2.00 bits per heavy atom. The van der Waals surface area contributed by atoms with Gasteiger partial charge >= 0.3 is 0 Å². The van der Waals surface area contributed by atoms with Crippen molar-refractivity contribution >= 4 is 5.91 Å². The lowest BCUT2D eigenvalue weighted by Gasteiger charge is -2.46. The standard InChI is InChI=1S/C18H26N2O2/c1-13-12-22-17(15-7-4-3-5-8-15)14(2)20(13)16(21)11-18(19)9-6-10-18/h3-5,7-8,13-14,17H,6,9-12,19H2,1-2H3. The minimum atomic E-state index is -0.267. The second kappa shape index (κ2) is 6.01. The fourth-order valence-corrected chi connectivity index (χ4v) is 3.70. The number of carbonyl (C=O) groups is 1. The van der Waals surface area contributed by atoms with E-state index in [-0.39, 0.29) is 29.6 Å².